The van der Waals surface area contributed by atoms with E-state index >= 15 is 0 Å². The Kier molecular flexibility index (Phi) is 5.90. The Morgan fingerprint density at radius 3 is 2.74 bits per heavy atom. The van der Waals surface area contributed by atoms with Crippen LogP contribution in [-0.4, -0.2) is 76.9 Å². The summed E-state index contributed by atoms with van der Waals surface area (Å²) in [5.41, 5.74) is 0. The van der Waals surface area contributed by atoms with Crippen molar-refractivity contribution in [2.75, 3.05) is 31.8 Å². The monoisotopic (exact) mass is 292 g/mol. The second-order valence-corrected chi connectivity index (χ2v) is 4.98. The van der Waals surface area contributed by atoms with Gasteiger partial charge in [-0.15, -0.1) is 0 Å². The highest BCUT2D eigenvalue weighted by atomic mass is 32.2. The molecular formula is C10H16N2O6S. The van der Waals surface area contributed by atoms with Crippen molar-refractivity contribution in [1.82, 2.24) is 10.2 Å². The van der Waals surface area contributed by atoms with Crippen LogP contribution in [-0.2, 0) is 14.3 Å². The van der Waals surface area contributed by atoms with Gasteiger partial charge in [-0.25, -0.2) is 9.59 Å². The second-order valence-electron chi connectivity index (χ2n) is 3.83. The number of aliphatic hydroxyl groups is 1. The Morgan fingerprint density at radius 2 is 2.21 bits per heavy atom. The highest BCUT2D eigenvalue weighted by Gasteiger charge is 2.34. The molecule has 0 radical (unpaired) electrons. The fourth-order valence-corrected chi connectivity index (χ4v) is 2.69. The zero-order valence-electron chi connectivity index (χ0n) is 10.4. The summed E-state index contributed by atoms with van der Waals surface area (Å²) in [7, 11) is 1.14. The minimum atomic E-state index is -1.18. The smallest absolute Gasteiger partial charge is 0.408 e. The first kappa shape index (κ1) is 15.6. The topological polar surface area (TPSA) is 116 Å². The van der Waals surface area contributed by atoms with Gasteiger partial charge in [-0.05, 0) is 0 Å². The van der Waals surface area contributed by atoms with Gasteiger partial charge in [0.05, 0.1) is 13.7 Å². The molecule has 0 aromatic heterocycles. The molecule has 2 amide bonds. The molecule has 1 rings (SSSR count). The van der Waals surface area contributed by atoms with Crippen LogP contribution in [0.25, 0.3) is 0 Å². The van der Waals surface area contributed by atoms with Crippen LogP contribution < -0.4 is 5.32 Å². The first-order valence-electron chi connectivity index (χ1n) is 5.57. The van der Waals surface area contributed by atoms with Crippen molar-refractivity contribution in [3.05, 3.63) is 0 Å². The summed E-state index contributed by atoms with van der Waals surface area (Å²) in [5.74, 6) is -0.450. The molecular weight excluding hydrogens is 276 g/mol. The minimum Gasteiger partial charge on any atom is -0.467 e. The summed E-state index contributed by atoms with van der Waals surface area (Å²) in [4.78, 5) is 35.2. The van der Waals surface area contributed by atoms with Gasteiger partial charge < -0.3 is 20.3 Å². The summed E-state index contributed by atoms with van der Waals surface area (Å²) >= 11 is 1.46. The lowest BCUT2D eigenvalue weighted by atomic mass is 10.2. The molecule has 108 valence electrons. The van der Waals surface area contributed by atoms with E-state index in [9.17, 15) is 14.4 Å². The van der Waals surface area contributed by atoms with Crippen molar-refractivity contribution in [2.45, 2.75) is 12.1 Å². The molecule has 1 fully saturated rings. The van der Waals surface area contributed by atoms with Crippen LogP contribution in [0.4, 0.5) is 4.79 Å². The molecule has 1 heterocycles. The lowest BCUT2D eigenvalue weighted by molar-refractivity contribution is -0.146. The van der Waals surface area contributed by atoms with Gasteiger partial charge in [0.15, 0.2) is 6.04 Å². The van der Waals surface area contributed by atoms with Gasteiger partial charge in [-0.1, -0.05) is 0 Å². The molecule has 8 nitrogen and oxygen atoms in total. The number of amides is 2. The van der Waals surface area contributed by atoms with Crippen molar-refractivity contribution in [3.63, 3.8) is 0 Å². The molecule has 2 atom stereocenters. The fourth-order valence-electron chi connectivity index (χ4n) is 1.64. The first-order chi connectivity index (χ1) is 9.01. The highest BCUT2D eigenvalue weighted by Crippen LogP contribution is 2.16. The highest BCUT2D eigenvalue weighted by molar-refractivity contribution is 7.99. The third-order valence-corrected chi connectivity index (χ3v) is 3.68. The largest absolute Gasteiger partial charge is 0.467 e. The van der Waals surface area contributed by atoms with E-state index in [0.717, 1.165) is 12.0 Å². The van der Waals surface area contributed by atoms with Crippen LogP contribution in [0.15, 0.2) is 0 Å². The Labute approximate surface area is 114 Å². The fraction of sp³-hybridized carbons (Fsp3) is 0.700. The average molecular weight is 292 g/mol. The normalized spacial score (nSPS) is 20.5. The van der Waals surface area contributed by atoms with E-state index in [0.29, 0.717) is 11.5 Å². The van der Waals surface area contributed by atoms with Gasteiger partial charge in [0.2, 0.25) is 5.91 Å². The zero-order chi connectivity index (χ0) is 14.4. The van der Waals surface area contributed by atoms with Crippen molar-refractivity contribution in [2.24, 2.45) is 0 Å². The molecule has 0 aromatic carbocycles. The van der Waals surface area contributed by atoms with Crippen LogP contribution >= 0.6 is 11.8 Å². The number of aliphatic hydroxyl groups excluding tert-OH is 1. The van der Waals surface area contributed by atoms with Gasteiger partial charge in [-0.2, -0.15) is 11.8 Å². The lowest BCUT2D eigenvalue weighted by Gasteiger charge is -2.32. The van der Waals surface area contributed by atoms with Crippen molar-refractivity contribution < 1.29 is 29.3 Å². The Hall–Kier alpha value is -1.48. The summed E-state index contributed by atoms with van der Waals surface area (Å²) < 4.78 is 4.42. The summed E-state index contributed by atoms with van der Waals surface area (Å²) in [6.07, 6.45) is -1.18. The summed E-state index contributed by atoms with van der Waals surface area (Å²) in [6, 6.07) is -2.05. The molecule has 1 aliphatic heterocycles. The molecule has 1 saturated heterocycles. The molecule has 0 spiro atoms. The maximum Gasteiger partial charge on any atom is 0.408 e. The van der Waals surface area contributed by atoms with Gasteiger partial charge in [0, 0.05) is 18.1 Å². The Bertz CT molecular complexity index is 364. The van der Waals surface area contributed by atoms with Crippen LogP contribution in [0.5, 0.6) is 0 Å². The number of thioether (sulfide) groups is 1. The molecule has 0 bridgehead atoms. The van der Waals surface area contributed by atoms with Crippen molar-refractivity contribution in [3.8, 4) is 0 Å². The van der Waals surface area contributed by atoms with Crippen LogP contribution in [0.1, 0.15) is 0 Å². The lowest BCUT2D eigenvalue weighted by Crippen LogP contribution is -2.57. The number of carboxylic acid groups (broad SMARTS) is 1. The van der Waals surface area contributed by atoms with Crippen LogP contribution in [0.2, 0.25) is 0 Å². The predicted octanol–water partition coefficient (Wildman–Crippen LogP) is -1.27. The number of carbonyl (C=O) groups is 3. The van der Waals surface area contributed by atoms with Gasteiger partial charge >= 0.3 is 12.1 Å². The van der Waals surface area contributed by atoms with E-state index < -0.39 is 36.7 Å². The zero-order valence-corrected chi connectivity index (χ0v) is 11.2. The number of hydrogen-bond acceptors (Lipinski definition) is 6. The number of nitrogens with zero attached hydrogens (tertiary/aromatic N) is 1. The quantitative estimate of drug-likeness (QED) is 0.553. The predicted molar refractivity (Wildman–Crippen MR) is 66.9 cm³/mol. The first-order valence-corrected chi connectivity index (χ1v) is 6.73. The van der Waals surface area contributed by atoms with E-state index in [4.69, 9.17) is 10.2 Å². The van der Waals surface area contributed by atoms with Crippen molar-refractivity contribution in [1.29, 1.82) is 0 Å². The standard InChI is InChI=1S/C10H16N2O6S/c1-18-9(15)6(4-13)11-8(14)7-5-19-3-2-12(7)10(16)17/h6-7,13H,2-5H2,1H3,(H,11,14)(H,16,17)/t6-,7?/m1/s1. The number of methoxy groups -OCH3 is 1. The SMILES string of the molecule is COC(=O)[C@@H](CO)NC(=O)C1CSCCN1C(=O)O. The number of rotatable bonds is 4. The third kappa shape index (κ3) is 4.00. The molecule has 0 saturated carbocycles. The molecule has 0 aromatic rings. The van der Waals surface area contributed by atoms with E-state index in [2.05, 4.69) is 10.1 Å². The second kappa shape index (κ2) is 7.19. The van der Waals surface area contributed by atoms with E-state index in [1.165, 1.54) is 11.8 Å². The Morgan fingerprint density at radius 1 is 1.53 bits per heavy atom. The van der Waals surface area contributed by atoms with Crippen LogP contribution in [0.3, 0.4) is 0 Å². The maximum absolute atomic E-state index is 12.0. The number of nitrogens with one attached hydrogen (secondary N) is 1. The van der Waals surface area contributed by atoms with Gasteiger partial charge in [0.1, 0.15) is 6.04 Å². The van der Waals surface area contributed by atoms with E-state index in [1.54, 1.807) is 0 Å². The van der Waals surface area contributed by atoms with Gasteiger partial charge in [0.25, 0.3) is 0 Å². The summed E-state index contributed by atoms with van der Waals surface area (Å²) in [6.45, 7) is -0.356. The summed E-state index contributed by atoms with van der Waals surface area (Å²) in [5, 5.41) is 20.3. The molecule has 9 heteroatoms. The molecule has 0 aliphatic carbocycles. The van der Waals surface area contributed by atoms with E-state index in [-0.39, 0.29) is 6.54 Å². The average Bonchev–Trinajstić information content (AvgIpc) is 2.43. The number of ether oxygens (including phenoxy) is 1. The number of esters is 1. The Balaban J connectivity index is 2.69. The molecule has 1 aliphatic rings. The van der Waals surface area contributed by atoms with Gasteiger partial charge in [-0.3, -0.25) is 9.69 Å². The third-order valence-electron chi connectivity index (χ3n) is 2.66. The van der Waals surface area contributed by atoms with Crippen molar-refractivity contribution >= 4 is 29.7 Å². The number of hydrogen-bond donors (Lipinski definition) is 3. The molecule has 19 heavy (non-hydrogen) atoms. The van der Waals surface area contributed by atoms with Crippen LogP contribution in [0, 0.1) is 0 Å². The molecule has 1 unspecified atom stereocenters. The van der Waals surface area contributed by atoms with E-state index in [1.807, 2.05) is 0 Å². The molecule has 3 N–H and O–H groups in total. The number of carbonyl (C=O) groups excluding carboxylic acids is 2. The minimum absolute atomic E-state index is 0.250. The maximum atomic E-state index is 12.0.